The first-order valence-electron chi connectivity index (χ1n) is 27.5. The Labute approximate surface area is 473 Å². The number of hydrogen-bond acceptors (Lipinski definition) is 12. The van der Waals surface area contributed by atoms with E-state index in [-0.39, 0.29) is 60.9 Å². The number of benzene rings is 3. The lowest BCUT2D eigenvalue weighted by Gasteiger charge is -2.40. The van der Waals surface area contributed by atoms with Gasteiger partial charge in [-0.05, 0) is 106 Å². The summed E-state index contributed by atoms with van der Waals surface area (Å²) in [5.74, 6) is -4.62. The highest BCUT2D eigenvalue weighted by Gasteiger charge is 2.42. The zero-order chi connectivity index (χ0) is 59.4. The normalized spacial score (nSPS) is 14.9. The zero-order valence-electron chi connectivity index (χ0n) is 48.2. The van der Waals surface area contributed by atoms with Crippen molar-refractivity contribution in [2.45, 2.75) is 155 Å². The summed E-state index contributed by atoms with van der Waals surface area (Å²) in [6.45, 7) is 15.3. The molecular weight excluding hydrogens is 1040 g/mol. The van der Waals surface area contributed by atoms with Gasteiger partial charge in [0, 0.05) is 48.8 Å². The van der Waals surface area contributed by atoms with Gasteiger partial charge in [0.25, 0.3) is 17.7 Å². The van der Waals surface area contributed by atoms with Gasteiger partial charge >= 0.3 is 0 Å². The summed E-state index contributed by atoms with van der Waals surface area (Å²) in [5.41, 5.74) is 6.96. The molecule has 1 aliphatic rings. The molecule has 0 aliphatic carbocycles. The Morgan fingerprint density at radius 1 is 0.700 bits per heavy atom. The molecule has 80 heavy (non-hydrogen) atoms. The highest BCUT2D eigenvalue weighted by Crippen LogP contribution is 2.29. The van der Waals surface area contributed by atoms with Crippen LogP contribution >= 0.6 is 0 Å². The standard InChI is InChI=1S/C60H85N9O10S/c1-40(2)48(68(10)58(77)53(59(4,5)6)66-57(76)52(62-9)60(7,8)44-24-16-12-17-25-44)38-41(3)54(73)67-80(78,79)39-43-28-31-45(32-29-43)63-55(74)46(26-19-20-36-61)65-56(75)47(33-30-42-22-14-11-15-23-42)64-49(70)27-18-13-21-37-69-50(71)34-35-51(69)72/h11-12,14-17,22-25,28-29,31-32,34-35,38,40,46-48,52-53,62H,13,18-21,26-27,30,33,36-37,39,61H2,1-10H3,(H,63,74)(H,64,70)(H,65,75)(H,66,76)(H,67,73)/b41-38+/t46-,47-,48+,52+,53+/m0/s1. The van der Waals surface area contributed by atoms with E-state index >= 15 is 0 Å². The van der Waals surface area contributed by atoms with Crippen molar-refractivity contribution in [2.75, 3.05) is 32.5 Å². The second kappa shape index (κ2) is 30.5. The van der Waals surface area contributed by atoms with Crippen molar-refractivity contribution in [3.05, 3.63) is 125 Å². The first-order chi connectivity index (χ1) is 37.7. The molecule has 0 aromatic heterocycles. The maximum atomic E-state index is 14.4. The van der Waals surface area contributed by atoms with E-state index < -0.39 is 80.4 Å². The van der Waals surface area contributed by atoms with Gasteiger partial charge in [-0.15, -0.1) is 0 Å². The molecule has 0 fully saturated rings. The first-order valence-corrected chi connectivity index (χ1v) is 29.1. The average Bonchev–Trinajstić information content (AvgIpc) is 3.74. The summed E-state index contributed by atoms with van der Waals surface area (Å²) in [6, 6.07) is 20.7. The lowest BCUT2D eigenvalue weighted by atomic mass is 9.76. The van der Waals surface area contributed by atoms with Crippen molar-refractivity contribution in [1.82, 2.24) is 35.8 Å². The quantitative estimate of drug-likeness (QED) is 0.0245. The van der Waals surface area contributed by atoms with Crippen molar-refractivity contribution in [2.24, 2.45) is 17.1 Å². The number of nitrogens with one attached hydrogen (secondary N) is 6. The summed E-state index contributed by atoms with van der Waals surface area (Å²) in [5, 5.41) is 14.6. The second-order valence-corrected chi connectivity index (χ2v) is 24.2. The van der Waals surface area contributed by atoms with E-state index in [1.54, 1.807) is 20.2 Å². The molecule has 20 heteroatoms. The minimum atomic E-state index is -4.27. The fourth-order valence-electron chi connectivity index (χ4n) is 9.46. The molecule has 0 saturated carbocycles. The number of sulfonamides is 1. The molecule has 5 atom stereocenters. The molecule has 8 N–H and O–H groups in total. The fourth-order valence-corrected chi connectivity index (χ4v) is 10.6. The topological polar surface area (TPSA) is 275 Å². The van der Waals surface area contributed by atoms with Gasteiger partial charge in [0.2, 0.25) is 39.6 Å². The number of aryl methyl sites for hydroxylation is 1. The van der Waals surface area contributed by atoms with E-state index in [0.717, 1.165) is 16.0 Å². The number of likely N-dealkylation sites (N-methyl/N-ethyl adjacent to an activating group) is 2. The molecule has 0 bridgehead atoms. The van der Waals surface area contributed by atoms with Crippen LogP contribution in [0.2, 0.25) is 0 Å². The minimum absolute atomic E-state index is 0.0528. The molecule has 436 valence electrons. The van der Waals surface area contributed by atoms with Crippen LogP contribution in [-0.2, 0) is 66.0 Å². The van der Waals surface area contributed by atoms with Crippen molar-refractivity contribution in [1.29, 1.82) is 0 Å². The monoisotopic (exact) mass is 1120 g/mol. The van der Waals surface area contributed by atoms with E-state index in [9.17, 15) is 46.8 Å². The number of imide groups is 1. The molecule has 8 amide bonds. The van der Waals surface area contributed by atoms with Crippen molar-refractivity contribution >= 4 is 63.0 Å². The Kier molecular flexibility index (Phi) is 25.0. The van der Waals surface area contributed by atoms with Crippen LogP contribution < -0.4 is 37.0 Å². The van der Waals surface area contributed by atoms with Crippen molar-refractivity contribution in [3.8, 4) is 0 Å². The Morgan fingerprint density at radius 2 is 1.30 bits per heavy atom. The van der Waals surface area contributed by atoms with Crippen LogP contribution in [0.5, 0.6) is 0 Å². The van der Waals surface area contributed by atoms with Crippen LogP contribution in [0.15, 0.2) is 109 Å². The van der Waals surface area contributed by atoms with Gasteiger partial charge in [-0.1, -0.05) is 134 Å². The number of carbonyl (C=O) groups excluding carboxylic acids is 8. The molecule has 0 unspecified atom stereocenters. The summed E-state index contributed by atoms with van der Waals surface area (Å²) < 4.78 is 29.0. The van der Waals surface area contributed by atoms with Gasteiger partial charge in [-0.2, -0.15) is 0 Å². The highest BCUT2D eigenvalue weighted by atomic mass is 32.2. The Hall–Kier alpha value is -7.03. The summed E-state index contributed by atoms with van der Waals surface area (Å²) in [4.78, 5) is 109. The molecule has 0 radical (unpaired) electrons. The van der Waals surface area contributed by atoms with Gasteiger partial charge < -0.3 is 37.2 Å². The number of hydrogen-bond donors (Lipinski definition) is 7. The van der Waals surface area contributed by atoms with Gasteiger partial charge in [0.05, 0.1) is 17.8 Å². The molecule has 0 saturated heterocycles. The molecule has 1 aliphatic heterocycles. The molecule has 19 nitrogen and oxygen atoms in total. The summed E-state index contributed by atoms with van der Waals surface area (Å²) in [7, 11) is -0.974. The van der Waals surface area contributed by atoms with Crippen LogP contribution in [0.3, 0.4) is 0 Å². The van der Waals surface area contributed by atoms with Crippen LogP contribution in [0.4, 0.5) is 5.69 Å². The number of anilines is 1. The number of carbonyl (C=O) groups is 8. The maximum Gasteiger partial charge on any atom is 0.260 e. The number of unbranched alkanes of at least 4 members (excludes halogenated alkanes) is 3. The molecular formula is C60H85N9O10S. The molecule has 0 spiro atoms. The average molecular weight is 1120 g/mol. The van der Waals surface area contributed by atoms with Crippen LogP contribution in [0, 0.1) is 11.3 Å². The predicted octanol–water partition coefficient (Wildman–Crippen LogP) is 5.31. The lowest BCUT2D eigenvalue weighted by Crippen LogP contribution is -2.61. The largest absolute Gasteiger partial charge is 0.344 e. The van der Waals surface area contributed by atoms with E-state index in [1.165, 1.54) is 48.2 Å². The van der Waals surface area contributed by atoms with Crippen LogP contribution in [-0.4, -0.2) is 123 Å². The van der Waals surface area contributed by atoms with Crippen molar-refractivity contribution < 1.29 is 46.8 Å². The smallest absolute Gasteiger partial charge is 0.260 e. The van der Waals surface area contributed by atoms with Gasteiger partial charge in [0.1, 0.15) is 18.1 Å². The summed E-state index contributed by atoms with van der Waals surface area (Å²) >= 11 is 0. The van der Waals surface area contributed by atoms with Crippen LogP contribution in [0.25, 0.3) is 0 Å². The van der Waals surface area contributed by atoms with E-state index in [4.69, 9.17) is 5.73 Å². The number of amides is 8. The third kappa shape index (κ3) is 20.0. The lowest BCUT2D eigenvalue weighted by molar-refractivity contribution is -0.141. The first kappa shape index (κ1) is 65.5. The summed E-state index contributed by atoms with van der Waals surface area (Å²) in [6.07, 6.45) is 7.69. The Balaban J connectivity index is 1.39. The maximum absolute atomic E-state index is 14.4. The molecule has 1 heterocycles. The van der Waals surface area contributed by atoms with E-state index in [1.807, 2.05) is 109 Å². The van der Waals surface area contributed by atoms with E-state index in [2.05, 4.69) is 31.3 Å². The number of nitrogens with two attached hydrogens (primary N) is 1. The fraction of sp³-hybridized carbons (Fsp3) is 0.500. The Morgan fingerprint density at radius 3 is 1.88 bits per heavy atom. The second-order valence-electron chi connectivity index (χ2n) is 22.5. The molecule has 3 aromatic carbocycles. The Bertz CT molecular complexity index is 2760. The van der Waals surface area contributed by atoms with Crippen molar-refractivity contribution in [3.63, 3.8) is 0 Å². The minimum Gasteiger partial charge on any atom is -0.344 e. The number of nitrogens with zero attached hydrogens (tertiary/aromatic N) is 2. The van der Waals surface area contributed by atoms with E-state index in [0.29, 0.717) is 56.3 Å². The third-order valence-electron chi connectivity index (χ3n) is 14.3. The molecule has 4 rings (SSSR count). The predicted molar refractivity (Wildman–Crippen MR) is 311 cm³/mol. The van der Waals surface area contributed by atoms with Gasteiger partial charge in [-0.3, -0.25) is 43.3 Å². The third-order valence-corrected chi connectivity index (χ3v) is 15.5. The van der Waals surface area contributed by atoms with Gasteiger partial charge in [-0.25, -0.2) is 13.1 Å². The molecule has 3 aromatic rings. The number of rotatable bonds is 31. The van der Waals surface area contributed by atoms with Gasteiger partial charge in [0.15, 0.2) is 0 Å². The SMILES string of the molecule is CN[C@H](C(=O)N[C@H](C(=O)N(C)[C@H](/C=C(\C)C(=O)NS(=O)(=O)Cc1ccc(NC(=O)[C@H](CCCCN)NC(=O)[C@H](CCc2ccccc2)NC(=O)CCCCCN2C(=O)C=CC2=O)cc1)C(C)C)C(C)(C)C)C(C)(C)c1ccccc1. The zero-order valence-corrected chi connectivity index (χ0v) is 49.0. The van der Waals surface area contributed by atoms with Crippen LogP contribution in [0.1, 0.15) is 123 Å². The highest BCUT2D eigenvalue weighted by molar-refractivity contribution is 7.89.